The van der Waals surface area contributed by atoms with Crippen molar-refractivity contribution in [1.82, 2.24) is 10.3 Å². The van der Waals surface area contributed by atoms with Crippen LogP contribution in [0.2, 0.25) is 0 Å². The molecule has 0 atom stereocenters. The van der Waals surface area contributed by atoms with E-state index in [1.165, 1.54) is 24.8 Å². The molecule has 1 fully saturated rings. The van der Waals surface area contributed by atoms with Gasteiger partial charge in [0.1, 0.15) is 5.69 Å². The van der Waals surface area contributed by atoms with Crippen LogP contribution in [0.25, 0.3) is 5.57 Å². The van der Waals surface area contributed by atoms with Gasteiger partial charge in [-0.05, 0) is 61.4 Å². The first kappa shape index (κ1) is 21.8. The number of hydrogen-bond donors (Lipinski definition) is 2. The number of nitrogens with two attached hydrogens (primary N) is 1. The number of amides is 1. The van der Waals surface area contributed by atoms with Crippen molar-refractivity contribution in [3.63, 3.8) is 0 Å². The summed E-state index contributed by atoms with van der Waals surface area (Å²) >= 11 is 0. The molecule has 158 valence electrons. The summed E-state index contributed by atoms with van der Waals surface area (Å²) in [6.07, 6.45) is 9.86. The number of nitrogens with zero attached hydrogens (tertiary/aromatic N) is 2. The molecule has 1 amide bonds. The van der Waals surface area contributed by atoms with Gasteiger partial charge in [0.25, 0.3) is 5.91 Å². The number of hydrogen-bond acceptors (Lipinski definition) is 4. The van der Waals surface area contributed by atoms with Gasteiger partial charge in [0.15, 0.2) is 0 Å². The van der Waals surface area contributed by atoms with E-state index >= 15 is 0 Å². The average molecular weight is 405 g/mol. The molecule has 0 saturated heterocycles. The van der Waals surface area contributed by atoms with Crippen molar-refractivity contribution in [3.05, 3.63) is 70.2 Å². The van der Waals surface area contributed by atoms with Gasteiger partial charge in [-0.1, -0.05) is 43.5 Å². The highest BCUT2D eigenvalue weighted by molar-refractivity contribution is 6.09. The van der Waals surface area contributed by atoms with Gasteiger partial charge in [0.2, 0.25) is 0 Å². The van der Waals surface area contributed by atoms with Crippen molar-refractivity contribution in [2.45, 2.75) is 58.4 Å². The molecule has 1 aliphatic rings. The Labute approximate surface area is 179 Å². The van der Waals surface area contributed by atoms with Gasteiger partial charge in [-0.25, -0.2) is 4.98 Å². The Kier molecular flexibility index (Phi) is 7.39. The van der Waals surface area contributed by atoms with Crippen molar-refractivity contribution in [1.29, 1.82) is 0 Å². The van der Waals surface area contributed by atoms with Crippen molar-refractivity contribution < 1.29 is 4.79 Å². The minimum absolute atomic E-state index is 0.0572. The van der Waals surface area contributed by atoms with E-state index in [1.807, 2.05) is 13.0 Å². The minimum Gasteiger partial charge on any atom is -0.404 e. The molecule has 3 N–H and O–H groups in total. The van der Waals surface area contributed by atoms with Gasteiger partial charge in [-0.15, -0.1) is 0 Å². The highest BCUT2D eigenvalue weighted by atomic mass is 16.1. The maximum atomic E-state index is 12.8. The average Bonchev–Trinajstić information content (AvgIpc) is 2.76. The van der Waals surface area contributed by atoms with Crippen LogP contribution in [0.3, 0.4) is 0 Å². The number of aryl methyl sites for hydroxylation is 1. The molecule has 1 aliphatic carbocycles. The van der Waals surface area contributed by atoms with Crippen molar-refractivity contribution >= 4 is 17.7 Å². The number of pyridine rings is 1. The van der Waals surface area contributed by atoms with Crippen LogP contribution in [-0.4, -0.2) is 30.2 Å². The quantitative estimate of drug-likeness (QED) is 0.702. The first-order valence-corrected chi connectivity index (χ1v) is 10.7. The Morgan fingerprint density at radius 3 is 2.53 bits per heavy atom. The van der Waals surface area contributed by atoms with Crippen LogP contribution in [-0.2, 0) is 6.42 Å². The first-order chi connectivity index (χ1) is 14.5. The molecule has 30 heavy (non-hydrogen) atoms. The van der Waals surface area contributed by atoms with Crippen molar-refractivity contribution in [3.8, 4) is 0 Å². The van der Waals surface area contributed by atoms with Crippen LogP contribution in [0, 0.1) is 13.8 Å². The second-order valence-corrected chi connectivity index (χ2v) is 8.07. The van der Waals surface area contributed by atoms with E-state index in [2.05, 4.69) is 46.5 Å². The Balaban J connectivity index is 1.78. The summed E-state index contributed by atoms with van der Waals surface area (Å²) in [5.41, 5.74) is 12.5. The van der Waals surface area contributed by atoms with Gasteiger partial charge in [-0.3, -0.25) is 9.79 Å². The molecule has 5 heteroatoms. The summed E-state index contributed by atoms with van der Waals surface area (Å²) in [5, 5.41) is 3.18. The summed E-state index contributed by atoms with van der Waals surface area (Å²) in [4.78, 5) is 21.4. The van der Waals surface area contributed by atoms with Crippen molar-refractivity contribution in [2.75, 3.05) is 7.05 Å². The first-order valence-electron chi connectivity index (χ1n) is 10.7. The largest absolute Gasteiger partial charge is 0.404 e. The predicted octanol–water partition coefficient (Wildman–Crippen LogP) is 4.35. The topological polar surface area (TPSA) is 80.4 Å². The lowest BCUT2D eigenvalue weighted by Crippen LogP contribution is -2.36. The summed E-state index contributed by atoms with van der Waals surface area (Å²) in [5.74, 6) is -0.0572. The van der Waals surface area contributed by atoms with Gasteiger partial charge in [0.05, 0.1) is 0 Å². The fraction of sp³-hybridized carbons (Fsp3) is 0.400. The van der Waals surface area contributed by atoms with Gasteiger partial charge in [0, 0.05) is 36.8 Å². The number of nitrogens with one attached hydrogen (secondary N) is 1. The number of carbonyl (C=O) groups excluding carboxylic acids is 1. The third-order valence-corrected chi connectivity index (χ3v) is 5.93. The van der Waals surface area contributed by atoms with E-state index in [1.54, 1.807) is 19.5 Å². The standard InChI is InChI=1S/C25H32N4O/c1-17-18(2)28-24(25(30)29-23-7-5-4-6-8-23)14-21(17)13-19-9-11-20(12-10-19)22(15-26)16-27-3/h9-12,14-16,23H,4-8,13,26H2,1-3H3,(H,29,30). The van der Waals surface area contributed by atoms with E-state index in [0.717, 1.165) is 47.2 Å². The molecular weight excluding hydrogens is 372 g/mol. The van der Waals surface area contributed by atoms with Crippen LogP contribution in [0.15, 0.2) is 41.5 Å². The molecule has 1 aromatic heterocycles. The highest BCUT2D eigenvalue weighted by Crippen LogP contribution is 2.21. The SMILES string of the molecule is CN=CC(=CN)c1ccc(Cc2cc(C(=O)NC3CCCCC3)nc(C)c2C)cc1. The molecule has 0 radical (unpaired) electrons. The maximum Gasteiger partial charge on any atom is 0.270 e. The molecule has 2 aromatic rings. The highest BCUT2D eigenvalue weighted by Gasteiger charge is 2.19. The molecule has 1 aromatic carbocycles. The second kappa shape index (κ2) is 10.2. The lowest BCUT2D eigenvalue weighted by molar-refractivity contribution is 0.0922. The van der Waals surface area contributed by atoms with Crippen molar-refractivity contribution in [2.24, 2.45) is 10.7 Å². The summed E-state index contributed by atoms with van der Waals surface area (Å²) in [7, 11) is 1.73. The zero-order valence-corrected chi connectivity index (χ0v) is 18.2. The normalized spacial score (nSPS) is 15.5. The summed E-state index contributed by atoms with van der Waals surface area (Å²) in [6.45, 7) is 4.05. The van der Waals surface area contributed by atoms with Crippen LogP contribution in [0.5, 0.6) is 0 Å². The monoisotopic (exact) mass is 404 g/mol. The fourth-order valence-corrected chi connectivity index (χ4v) is 4.00. The van der Waals surface area contributed by atoms with Crippen LogP contribution in [0.1, 0.15) is 70.5 Å². The molecule has 0 spiro atoms. The molecule has 3 rings (SSSR count). The Morgan fingerprint density at radius 1 is 1.20 bits per heavy atom. The predicted molar refractivity (Wildman–Crippen MR) is 124 cm³/mol. The molecular formula is C25H32N4O. The number of benzene rings is 1. The minimum atomic E-state index is -0.0572. The Morgan fingerprint density at radius 2 is 1.90 bits per heavy atom. The third-order valence-electron chi connectivity index (χ3n) is 5.93. The van der Waals surface area contributed by atoms with E-state index in [-0.39, 0.29) is 11.9 Å². The lowest BCUT2D eigenvalue weighted by Gasteiger charge is -2.23. The van der Waals surface area contributed by atoms with Crippen LogP contribution >= 0.6 is 0 Å². The number of aromatic nitrogens is 1. The summed E-state index contributed by atoms with van der Waals surface area (Å²) < 4.78 is 0. The van der Waals surface area contributed by atoms with Gasteiger partial charge < -0.3 is 11.1 Å². The molecule has 1 saturated carbocycles. The summed E-state index contributed by atoms with van der Waals surface area (Å²) in [6, 6.07) is 10.5. The zero-order valence-electron chi connectivity index (χ0n) is 18.2. The van der Waals surface area contributed by atoms with E-state index in [9.17, 15) is 4.79 Å². The number of rotatable bonds is 6. The molecule has 5 nitrogen and oxygen atoms in total. The van der Waals surface area contributed by atoms with Gasteiger partial charge in [-0.2, -0.15) is 0 Å². The smallest absolute Gasteiger partial charge is 0.270 e. The number of carbonyl (C=O) groups is 1. The van der Waals surface area contributed by atoms with E-state index in [4.69, 9.17) is 5.73 Å². The van der Waals surface area contributed by atoms with E-state index < -0.39 is 0 Å². The fourth-order valence-electron chi connectivity index (χ4n) is 4.00. The molecule has 0 unspecified atom stereocenters. The Hall–Kier alpha value is -2.95. The van der Waals surface area contributed by atoms with Gasteiger partial charge >= 0.3 is 0 Å². The molecule has 0 bridgehead atoms. The second-order valence-electron chi connectivity index (χ2n) is 8.07. The zero-order chi connectivity index (χ0) is 21.5. The molecule has 0 aliphatic heterocycles. The molecule has 1 heterocycles. The Bertz CT molecular complexity index is 938. The van der Waals surface area contributed by atoms with Crippen LogP contribution < -0.4 is 11.1 Å². The maximum absolute atomic E-state index is 12.8. The van der Waals surface area contributed by atoms with E-state index in [0.29, 0.717) is 5.69 Å². The van der Waals surface area contributed by atoms with Crippen LogP contribution in [0.4, 0.5) is 0 Å². The number of aliphatic imine (C=N–C) groups is 1. The lowest BCUT2D eigenvalue weighted by atomic mass is 9.95. The third kappa shape index (κ3) is 5.35. The number of allylic oxidation sites excluding steroid dienone is 1.